The average Bonchev–Trinajstić information content (AvgIpc) is 2.83. The van der Waals surface area contributed by atoms with E-state index in [4.69, 9.17) is 15.9 Å². The lowest BCUT2D eigenvalue weighted by atomic mass is 10.5. The van der Waals surface area contributed by atoms with Gasteiger partial charge >= 0.3 is 0 Å². The standard InChI is InChI=1S/C11H19N5O2/c1-15-8-7-11(13-2-4-17)16(14-3-5-18)9(8)6-10(15)12/h6-7,13-14,17-18H,2-5,12H2,1H3. The Morgan fingerprint density at radius 2 is 1.89 bits per heavy atom. The molecule has 7 heteroatoms. The van der Waals surface area contributed by atoms with Crippen LogP contribution in [0.1, 0.15) is 0 Å². The molecule has 0 aromatic carbocycles. The van der Waals surface area contributed by atoms with E-state index in [0.717, 1.165) is 16.9 Å². The average molecular weight is 253 g/mol. The first-order valence-corrected chi connectivity index (χ1v) is 5.85. The highest BCUT2D eigenvalue weighted by Gasteiger charge is 2.13. The monoisotopic (exact) mass is 253 g/mol. The number of nitrogens with zero attached hydrogens (tertiary/aromatic N) is 2. The molecule has 2 heterocycles. The fourth-order valence-corrected chi connectivity index (χ4v) is 1.94. The van der Waals surface area contributed by atoms with Gasteiger partial charge in [0.1, 0.15) is 11.6 Å². The molecular formula is C11H19N5O2. The number of anilines is 2. The second-order valence-corrected chi connectivity index (χ2v) is 4.05. The van der Waals surface area contributed by atoms with Crippen LogP contribution < -0.4 is 16.5 Å². The van der Waals surface area contributed by atoms with Crippen LogP contribution in [0.15, 0.2) is 12.1 Å². The molecule has 100 valence electrons. The van der Waals surface area contributed by atoms with Crippen molar-refractivity contribution in [3.8, 4) is 0 Å². The first-order chi connectivity index (χ1) is 8.69. The minimum atomic E-state index is 0.0431. The molecule has 0 bridgehead atoms. The molecule has 0 unspecified atom stereocenters. The van der Waals surface area contributed by atoms with Crippen LogP contribution in [0.5, 0.6) is 0 Å². The maximum absolute atomic E-state index is 8.90. The van der Waals surface area contributed by atoms with E-state index in [0.29, 0.717) is 18.9 Å². The van der Waals surface area contributed by atoms with Crippen LogP contribution in [0.4, 0.5) is 11.6 Å². The zero-order valence-corrected chi connectivity index (χ0v) is 10.3. The Balaban J connectivity index is 2.41. The summed E-state index contributed by atoms with van der Waals surface area (Å²) in [6, 6.07) is 3.82. The molecule has 0 fully saturated rings. The van der Waals surface area contributed by atoms with Crippen molar-refractivity contribution in [3.63, 3.8) is 0 Å². The number of hydrogen-bond donors (Lipinski definition) is 5. The van der Waals surface area contributed by atoms with Crippen LogP contribution in [-0.4, -0.2) is 45.8 Å². The normalized spacial score (nSPS) is 11.1. The zero-order valence-electron chi connectivity index (χ0n) is 10.3. The van der Waals surface area contributed by atoms with E-state index in [9.17, 15) is 0 Å². The molecule has 6 N–H and O–H groups in total. The molecule has 0 aliphatic heterocycles. The number of nitrogen functional groups attached to an aromatic ring is 1. The fraction of sp³-hybridized carbons (Fsp3) is 0.455. The number of hydrogen-bond acceptors (Lipinski definition) is 5. The van der Waals surface area contributed by atoms with Gasteiger partial charge in [-0.2, -0.15) is 0 Å². The van der Waals surface area contributed by atoms with Crippen molar-refractivity contribution in [2.75, 3.05) is 42.8 Å². The largest absolute Gasteiger partial charge is 0.395 e. The first kappa shape index (κ1) is 12.6. The third-order valence-electron chi connectivity index (χ3n) is 2.85. The van der Waals surface area contributed by atoms with E-state index >= 15 is 0 Å². The van der Waals surface area contributed by atoms with Crippen LogP contribution >= 0.6 is 0 Å². The third kappa shape index (κ3) is 2.09. The molecule has 0 amide bonds. The molecule has 2 aromatic heterocycles. The predicted molar refractivity (Wildman–Crippen MR) is 72.2 cm³/mol. The summed E-state index contributed by atoms with van der Waals surface area (Å²) in [7, 11) is 1.89. The van der Waals surface area contributed by atoms with Crippen molar-refractivity contribution in [3.05, 3.63) is 12.1 Å². The zero-order chi connectivity index (χ0) is 13.1. The minimum Gasteiger partial charge on any atom is -0.395 e. The molecule has 0 saturated carbocycles. The number of fused-ring (bicyclic) bond motifs is 1. The van der Waals surface area contributed by atoms with Crippen LogP contribution in [0.2, 0.25) is 0 Å². The topological polar surface area (TPSA) is 100 Å². The summed E-state index contributed by atoms with van der Waals surface area (Å²) in [5.41, 5.74) is 10.9. The number of aryl methyl sites for hydroxylation is 1. The second kappa shape index (κ2) is 5.19. The van der Waals surface area contributed by atoms with E-state index in [-0.39, 0.29) is 13.2 Å². The molecule has 0 spiro atoms. The van der Waals surface area contributed by atoms with E-state index in [1.807, 2.05) is 28.4 Å². The number of nitrogens with one attached hydrogen (secondary N) is 2. The van der Waals surface area contributed by atoms with Gasteiger partial charge in [0.05, 0.1) is 30.8 Å². The van der Waals surface area contributed by atoms with E-state index in [1.165, 1.54) is 0 Å². The van der Waals surface area contributed by atoms with Gasteiger partial charge in [-0.1, -0.05) is 0 Å². The quantitative estimate of drug-likeness (QED) is 0.478. The smallest absolute Gasteiger partial charge is 0.127 e. The van der Waals surface area contributed by atoms with Gasteiger partial charge in [-0.15, -0.1) is 0 Å². The van der Waals surface area contributed by atoms with Gasteiger partial charge < -0.3 is 31.3 Å². The van der Waals surface area contributed by atoms with Crippen molar-refractivity contribution in [1.29, 1.82) is 0 Å². The van der Waals surface area contributed by atoms with Crippen molar-refractivity contribution < 1.29 is 10.2 Å². The van der Waals surface area contributed by atoms with Crippen molar-refractivity contribution in [1.82, 2.24) is 9.24 Å². The summed E-state index contributed by atoms with van der Waals surface area (Å²) in [6.45, 7) is 1.00. The predicted octanol–water partition coefficient (Wildman–Crippen LogP) is -0.498. The lowest BCUT2D eigenvalue weighted by Gasteiger charge is -2.12. The maximum atomic E-state index is 8.90. The Labute approximate surface area is 105 Å². The Morgan fingerprint density at radius 3 is 2.56 bits per heavy atom. The van der Waals surface area contributed by atoms with Gasteiger partial charge in [0, 0.05) is 25.7 Å². The molecule has 18 heavy (non-hydrogen) atoms. The first-order valence-electron chi connectivity index (χ1n) is 5.85. The Hall–Kier alpha value is -1.86. The molecule has 0 aliphatic carbocycles. The maximum Gasteiger partial charge on any atom is 0.127 e. The van der Waals surface area contributed by atoms with Crippen LogP contribution in [0.25, 0.3) is 11.0 Å². The van der Waals surface area contributed by atoms with Crippen LogP contribution in [0.3, 0.4) is 0 Å². The van der Waals surface area contributed by atoms with Crippen LogP contribution in [-0.2, 0) is 7.05 Å². The highest BCUT2D eigenvalue weighted by atomic mass is 16.3. The van der Waals surface area contributed by atoms with Crippen LogP contribution in [0, 0.1) is 0 Å². The molecule has 2 aromatic rings. The Bertz CT molecular complexity index is 531. The summed E-state index contributed by atoms with van der Waals surface area (Å²) in [6.07, 6.45) is 0. The molecule has 7 nitrogen and oxygen atoms in total. The molecule has 0 aliphatic rings. The minimum absolute atomic E-state index is 0.0431. The molecule has 0 saturated heterocycles. The van der Waals surface area contributed by atoms with Gasteiger partial charge in [-0.3, -0.25) is 0 Å². The lowest BCUT2D eigenvalue weighted by Crippen LogP contribution is -2.21. The summed E-state index contributed by atoms with van der Waals surface area (Å²) in [5, 5.41) is 20.9. The fourth-order valence-electron chi connectivity index (χ4n) is 1.94. The third-order valence-corrected chi connectivity index (χ3v) is 2.85. The summed E-state index contributed by atoms with van der Waals surface area (Å²) < 4.78 is 3.72. The van der Waals surface area contributed by atoms with E-state index in [1.54, 1.807) is 0 Å². The number of rotatable bonds is 6. The van der Waals surface area contributed by atoms with Crippen molar-refractivity contribution in [2.24, 2.45) is 7.05 Å². The van der Waals surface area contributed by atoms with Gasteiger partial charge in [0.2, 0.25) is 0 Å². The number of aliphatic hydroxyl groups is 2. The summed E-state index contributed by atoms with van der Waals surface area (Å²) in [4.78, 5) is 0. The van der Waals surface area contributed by atoms with Gasteiger partial charge in [-0.25, -0.2) is 4.68 Å². The van der Waals surface area contributed by atoms with Gasteiger partial charge in [-0.05, 0) is 0 Å². The van der Waals surface area contributed by atoms with Gasteiger partial charge in [0.25, 0.3) is 0 Å². The molecule has 0 radical (unpaired) electrons. The van der Waals surface area contributed by atoms with Crippen molar-refractivity contribution >= 4 is 22.7 Å². The van der Waals surface area contributed by atoms with E-state index in [2.05, 4.69) is 10.7 Å². The van der Waals surface area contributed by atoms with Crippen molar-refractivity contribution in [2.45, 2.75) is 0 Å². The van der Waals surface area contributed by atoms with E-state index < -0.39 is 0 Å². The van der Waals surface area contributed by atoms with Gasteiger partial charge in [0.15, 0.2) is 0 Å². The molecule has 2 rings (SSSR count). The summed E-state index contributed by atoms with van der Waals surface area (Å²) in [5.74, 6) is 1.51. The SMILES string of the molecule is Cn1c(N)cc2c1cc(NCCO)n2NCCO. The second-order valence-electron chi connectivity index (χ2n) is 4.05. The molecule has 0 atom stereocenters. The number of aromatic nitrogens is 2. The highest BCUT2D eigenvalue weighted by Crippen LogP contribution is 2.26. The molecular weight excluding hydrogens is 234 g/mol. The number of nitrogens with two attached hydrogens (primary N) is 1. The number of aliphatic hydroxyl groups excluding tert-OH is 2. The lowest BCUT2D eigenvalue weighted by molar-refractivity contribution is 0.306. The summed E-state index contributed by atoms with van der Waals surface area (Å²) >= 11 is 0. The Morgan fingerprint density at radius 1 is 1.17 bits per heavy atom. The highest BCUT2D eigenvalue weighted by molar-refractivity contribution is 5.86. The Kier molecular flexibility index (Phi) is 3.63.